The molecule has 1 heterocycles. The first-order valence-corrected chi connectivity index (χ1v) is 5.63. The van der Waals surface area contributed by atoms with Gasteiger partial charge in [-0.15, -0.1) is 0 Å². The molecular weight excluding hydrogens is 208 g/mol. The Bertz CT molecular complexity index is 281. The van der Waals surface area contributed by atoms with Crippen molar-refractivity contribution in [2.75, 3.05) is 6.54 Å². The second kappa shape index (κ2) is 5.18. The van der Waals surface area contributed by atoms with Gasteiger partial charge in [-0.2, -0.15) is 0 Å². The van der Waals surface area contributed by atoms with Gasteiger partial charge in [-0.05, 0) is 33.6 Å². The van der Waals surface area contributed by atoms with Crippen LogP contribution in [0, 0.1) is 5.21 Å². The first-order chi connectivity index (χ1) is 7.37. The summed E-state index contributed by atoms with van der Waals surface area (Å²) >= 11 is 0. The largest absolute Gasteiger partial charge is 0.624 e. The monoisotopic (exact) mass is 228 g/mol. The zero-order chi connectivity index (χ0) is 12.2. The molecule has 1 aliphatic heterocycles. The van der Waals surface area contributed by atoms with Crippen molar-refractivity contribution in [3.05, 3.63) is 5.21 Å². The van der Waals surface area contributed by atoms with Gasteiger partial charge < -0.3 is 15.3 Å². The van der Waals surface area contributed by atoms with E-state index in [1.807, 2.05) is 20.8 Å². The number of carbonyl (C=O) groups excluding carboxylic acids is 1. The Hall–Kier alpha value is -1.26. The maximum Gasteiger partial charge on any atom is 0.408 e. The first kappa shape index (κ1) is 12.8. The van der Waals surface area contributed by atoms with Crippen LogP contribution in [-0.2, 0) is 4.74 Å². The molecule has 16 heavy (non-hydrogen) atoms. The fraction of sp³-hybridized carbons (Fsp3) is 0.818. The highest BCUT2D eigenvalue weighted by atomic mass is 16.6. The molecule has 0 bridgehead atoms. The molecule has 1 atom stereocenters. The molecule has 92 valence electrons. The molecule has 1 N–H and O–H groups in total. The number of hydrogen-bond donors (Lipinski definition) is 1. The number of ether oxygens (including phenoxy) is 1. The van der Waals surface area contributed by atoms with E-state index < -0.39 is 11.7 Å². The zero-order valence-electron chi connectivity index (χ0n) is 10.2. The maximum atomic E-state index is 11.5. The molecule has 1 rings (SSSR count). The van der Waals surface area contributed by atoms with Gasteiger partial charge in [0.25, 0.3) is 0 Å². The van der Waals surface area contributed by atoms with Crippen LogP contribution in [0.15, 0.2) is 0 Å². The van der Waals surface area contributed by atoms with E-state index in [9.17, 15) is 10.0 Å². The third kappa shape index (κ3) is 5.00. The highest BCUT2D eigenvalue weighted by Crippen LogP contribution is 2.09. The van der Waals surface area contributed by atoms with E-state index in [4.69, 9.17) is 4.74 Å². The van der Waals surface area contributed by atoms with E-state index in [0.29, 0.717) is 6.54 Å². The molecule has 0 fully saturated rings. The number of rotatable bonds is 1. The summed E-state index contributed by atoms with van der Waals surface area (Å²) in [6.07, 6.45) is 3.67. The minimum absolute atomic E-state index is 0.119. The Labute approximate surface area is 96.1 Å². The third-order valence-electron chi connectivity index (χ3n) is 2.21. The molecule has 0 aromatic rings. The Morgan fingerprint density at radius 3 is 2.88 bits per heavy atom. The van der Waals surface area contributed by atoms with E-state index in [2.05, 4.69) is 5.32 Å². The lowest BCUT2D eigenvalue weighted by Gasteiger charge is -2.22. The van der Waals surface area contributed by atoms with Crippen LogP contribution in [0.4, 0.5) is 4.79 Å². The molecule has 5 nitrogen and oxygen atoms in total. The van der Waals surface area contributed by atoms with Crippen molar-refractivity contribution >= 4 is 12.3 Å². The van der Waals surface area contributed by atoms with Crippen molar-refractivity contribution < 1.29 is 14.3 Å². The highest BCUT2D eigenvalue weighted by Gasteiger charge is 2.22. The van der Waals surface area contributed by atoms with Gasteiger partial charge in [0, 0.05) is 6.42 Å². The van der Waals surface area contributed by atoms with Gasteiger partial charge >= 0.3 is 6.09 Å². The van der Waals surface area contributed by atoms with Gasteiger partial charge in [0.2, 0.25) is 0 Å². The van der Waals surface area contributed by atoms with Crippen LogP contribution in [0.25, 0.3) is 0 Å². The Morgan fingerprint density at radius 1 is 1.56 bits per heavy atom. The van der Waals surface area contributed by atoms with Crippen molar-refractivity contribution in [2.45, 2.75) is 51.7 Å². The minimum Gasteiger partial charge on any atom is -0.624 e. The number of nitrogens with one attached hydrogen (secondary N) is 1. The summed E-state index contributed by atoms with van der Waals surface area (Å²) in [5.41, 5.74) is -0.502. The highest BCUT2D eigenvalue weighted by molar-refractivity contribution is 5.68. The second-order valence-electron chi connectivity index (χ2n) is 5.06. The zero-order valence-corrected chi connectivity index (χ0v) is 10.2. The van der Waals surface area contributed by atoms with Crippen LogP contribution in [-0.4, -0.2) is 35.2 Å². The summed E-state index contributed by atoms with van der Waals surface area (Å²) < 4.78 is 6.02. The quantitative estimate of drug-likeness (QED) is 0.548. The van der Waals surface area contributed by atoms with Crippen molar-refractivity contribution in [3.8, 4) is 0 Å². The molecule has 0 saturated carbocycles. The maximum absolute atomic E-state index is 11.5. The van der Waals surface area contributed by atoms with Crippen molar-refractivity contribution in [3.63, 3.8) is 0 Å². The van der Waals surface area contributed by atoms with Crippen LogP contribution < -0.4 is 5.32 Å². The number of hydrogen-bond acceptors (Lipinski definition) is 3. The minimum atomic E-state index is -0.502. The Morgan fingerprint density at radius 2 is 2.25 bits per heavy atom. The summed E-state index contributed by atoms with van der Waals surface area (Å²) in [6, 6.07) is -0.119. The summed E-state index contributed by atoms with van der Waals surface area (Å²) in [6.45, 7) is 5.74. The molecule has 0 aliphatic carbocycles. The summed E-state index contributed by atoms with van der Waals surface area (Å²) in [5.74, 6) is 0. The molecule has 0 radical (unpaired) electrons. The summed E-state index contributed by atoms with van der Waals surface area (Å²) in [7, 11) is 0. The summed E-state index contributed by atoms with van der Waals surface area (Å²) in [5, 5.41) is 14.0. The van der Waals surface area contributed by atoms with E-state index in [-0.39, 0.29) is 6.04 Å². The van der Waals surface area contributed by atoms with E-state index in [1.165, 1.54) is 0 Å². The topological polar surface area (TPSA) is 64.4 Å². The lowest BCUT2D eigenvalue weighted by atomic mass is 10.1. The Balaban J connectivity index is 2.41. The molecule has 1 amide bonds. The van der Waals surface area contributed by atoms with Gasteiger partial charge in [0.15, 0.2) is 12.8 Å². The van der Waals surface area contributed by atoms with Gasteiger partial charge in [-0.25, -0.2) is 9.53 Å². The molecule has 1 aliphatic rings. The fourth-order valence-corrected chi connectivity index (χ4v) is 1.57. The molecule has 0 saturated heterocycles. The van der Waals surface area contributed by atoms with Crippen LogP contribution in [0.1, 0.15) is 40.0 Å². The SMILES string of the molecule is CC(C)(C)OC(=O)NC1CCCC=[N+]([O-])C1. The van der Waals surface area contributed by atoms with E-state index >= 15 is 0 Å². The van der Waals surface area contributed by atoms with Crippen molar-refractivity contribution in [2.24, 2.45) is 0 Å². The third-order valence-corrected chi connectivity index (χ3v) is 2.21. The number of nitrogens with zero attached hydrogens (tertiary/aromatic N) is 1. The lowest BCUT2D eigenvalue weighted by molar-refractivity contribution is -0.456. The van der Waals surface area contributed by atoms with E-state index in [0.717, 1.165) is 24.0 Å². The molecule has 0 aromatic carbocycles. The Kier molecular flexibility index (Phi) is 4.15. The van der Waals surface area contributed by atoms with Gasteiger partial charge in [0.1, 0.15) is 5.60 Å². The number of carbonyl (C=O) groups is 1. The fourth-order valence-electron chi connectivity index (χ4n) is 1.57. The van der Waals surface area contributed by atoms with Gasteiger partial charge in [-0.1, -0.05) is 0 Å². The normalized spacial score (nSPS) is 21.9. The van der Waals surface area contributed by atoms with Crippen LogP contribution in [0.3, 0.4) is 0 Å². The molecule has 1 unspecified atom stereocenters. The average Bonchev–Trinajstić information content (AvgIpc) is 2.26. The average molecular weight is 228 g/mol. The van der Waals surface area contributed by atoms with Gasteiger partial charge in [0.05, 0.1) is 6.04 Å². The molecule has 0 aromatic heterocycles. The van der Waals surface area contributed by atoms with Crippen molar-refractivity contribution in [1.29, 1.82) is 0 Å². The second-order valence-corrected chi connectivity index (χ2v) is 5.06. The number of alkyl carbamates (subject to hydrolysis) is 1. The van der Waals surface area contributed by atoms with Crippen molar-refractivity contribution in [1.82, 2.24) is 5.32 Å². The molecule has 5 heteroatoms. The van der Waals surface area contributed by atoms with Crippen LogP contribution in [0.2, 0.25) is 0 Å². The van der Waals surface area contributed by atoms with E-state index in [1.54, 1.807) is 6.21 Å². The standard InChI is InChI=1S/C11H20N2O3/c1-11(2,3)16-10(14)12-9-6-4-5-7-13(15)8-9/h7,9H,4-6,8H2,1-3H3,(H,12,14). The predicted octanol–water partition coefficient (Wildman–Crippen LogP) is 1.64. The van der Waals surface area contributed by atoms with Crippen LogP contribution in [0.5, 0.6) is 0 Å². The lowest BCUT2D eigenvalue weighted by Crippen LogP contribution is -2.42. The molecular formula is C11H20N2O3. The number of hydroxylamine groups is 1. The summed E-state index contributed by atoms with van der Waals surface area (Å²) in [4.78, 5) is 11.5. The molecule has 0 spiro atoms. The van der Waals surface area contributed by atoms with Gasteiger partial charge in [-0.3, -0.25) is 0 Å². The number of amides is 1. The smallest absolute Gasteiger partial charge is 0.408 e. The predicted molar refractivity (Wildman–Crippen MR) is 61.6 cm³/mol. The first-order valence-electron chi connectivity index (χ1n) is 5.63. The van der Waals surface area contributed by atoms with Crippen LogP contribution >= 0.6 is 0 Å².